The lowest BCUT2D eigenvalue weighted by molar-refractivity contribution is 0.299. The summed E-state index contributed by atoms with van der Waals surface area (Å²) in [5.41, 5.74) is 3.49. The largest absolute Gasteiger partial charge is 0.396 e. The number of aliphatic hydroxyl groups excluding tert-OH is 1. The summed E-state index contributed by atoms with van der Waals surface area (Å²) in [6, 6.07) is 19.8. The third kappa shape index (κ3) is 2.98. The predicted molar refractivity (Wildman–Crippen MR) is 105 cm³/mol. The molecule has 0 fully saturated rings. The van der Waals surface area contributed by atoms with Gasteiger partial charge in [0, 0.05) is 22.6 Å². The molecule has 0 saturated heterocycles. The molecule has 3 aromatic carbocycles. The third-order valence-electron chi connectivity index (χ3n) is 4.37. The van der Waals surface area contributed by atoms with Crippen LogP contribution in [0.15, 0.2) is 60.7 Å². The Morgan fingerprint density at radius 1 is 0.880 bits per heavy atom. The Morgan fingerprint density at radius 3 is 2.52 bits per heavy atom. The highest BCUT2D eigenvalue weighted by atomic mass is 35.5. The first-order chi connectivity index (χ1) is 12.2. The quantitative estimate of drug-likeness (QED) is 0.457. The van der Waals surface area contributed by atoms with E-state index in [9.17, 15) is 5.11 Å². The van der Waals surface area contributed by atoms with Crippen LogP contribution in [-0.4, -0.2) is 16.7 Å². The number of rotatable bonds is 3. The molecule has 124 valence electrons. The molecule has 0 amide bonds. The van der Waals surface area contributed by atoms with E-state index < -0.39 is 0 Å². The summed E-state index contributed by atoms with van der Waals surface area (Å²) in [4.78, 5) is 4.87. The summed E-state index contributed by atoms with van der Waals surface area (Å²) < 4.78 is 0. The van der Waals surface area contributed by atoms with Crippen molar-refractivity contribution in [2.45, 2.75) is 6.42 Å². The van der Waals surface area contributed by atoms with Gasteiger partial charge in [-0.1, -0.05) is 53.5 Å². The highest BCUT2D eigenvalue weighted by Gasteiger charge is 2.14. The summed E-state index contributed by atoms with van der Waals surface area (Å²) in [6.45, 7) is 0.0517. The van der Waals surface area contributed by atoms with Gasteiger partial charge in [0.1, 0.15) is 0 Å². The first-order valence-corrected chi connectivity index (χ1v) is 8.80. The van der Waals surface area contributed by atoms with Crippen molar-refractivity contribution in [3.05, 3.63) is 76.3 Å². The number of pyridine rings is 1. The lowest BCUT2D eigenvalue weighted by Crippen LogP contribution is -1.99. The summed E-state index contributed by atoms with van der Waals surface area (Å²) >= 11 is 12.4. The van der Waals surface area contributed by atoms with Crippen molar-refractivity contribution in [2.24, 2.45) is 0 Å². The maximum Gasteiger partial charge on any atom is 0.0757 e. The van der Waals surface area contributed by atoms with Gasteiger partial charge in [0.2, 0.25) is 0 Å². The summed E-state index contributed by atoms with van der Waals surface area (Å²) in [6.07, 6.45) is 0.514. The highest BCUT2D eigenvalue weighted by molar-refractivity contribution is 6.36. The topological polar surface area (TPSA) is 33.1 Å². The highest BCUT2D eigenvalue weighted by Crippen LogP contribution is 2.34. The van der Waals surface area contributed by atoms with Crippen molar-refractivity contribution >= 4 is 44.9 Å². The van der Waals surface area contributed by atoms with Crippen molar-refractivity contribution in [1.82, 2.24) is 4.98 Å². The molecule has 1 heterocycles. The molecule has 0 bridgehead atoms. The molecule has 0 atom stereocenters. The van der Waals surface area contributed by atoms with Crippen LogP contribution in [0.2, 0.25) is 10.0 Å². The van der Waals surface area contributed by atoms with E-state index in [4.69, 9.17) is 28.2 Å². The van der Waals surface area contributed by atoms with Crippen molar-refractivity contribution in [2.75, 3.05) is 6.61 Å². The molecule has 2 nitrogen and oxygen atoms in total. The lowest BCUT2D eigenvalue weighted by atomic mass is 9.98. The molecular weight excluding hydrogens is 353 g/mol. The van der Waals surface area contributed by atoms with Crippen LogP contribution in [0.25, 0.3) is 32.9 Å². The van der Waals surface area contributed by atoms with Crippen molar-refractivity contribution < 1.29 is 5.11 Å². The summed E-state index contributed by atoms with van der Waals surface area (Å²) in [5, 5.41) is 14.1. The monoisotopic (exact) mass is 367 g/mol. The molecule has 0 unspecified atom stereocenters. The van der Waals surface area contributed by atoms with Crippen LogP contribution in [0.1, 0.15) is 5.56 Å². The fraction of sp³-hybridized carbons (Fsp3) is 0.0952. The molecule has 0 aliphatic heterocycles. The average molecular weight is 368 g/mol. The zero-order chi connectivity index (χ0) is 17.4. The molecule has 4 heteroatoms. The average Bonchev–Trinajstić information content (AvgIpc) is 2.62. The van der Waals surface area contributed by atoms with Crippen LogP contribution < -0.4 is 0 Å². The van der Waals surface area contributed by atoms with Crippen LogP contribution in [0, 0.1) is 0 Å². The summed E-state index contributed by atoms with van der Waals surface area (Å²) in [7, 11) is 0. The van der Waals surface area contributed by atoms with Gasteiger partial charge in [-0.15, -0.1) is 0 Å². The number of hydrogen-bond acceptors (Lipinski definition) is 2. The minimum atomic E-state index is 0.0517. The molecule has 4 rings (SSSR count). The maximum absolute atomic E-state index is 9.51. The third-order valence-corrected chi connectivity index (χ3v) is 4.92. The SMILES string of the molecule is OCCc1cc2c(ccc3ccccc32)nc1-c1ccc(Cl)cc1Cl. The number of halogens is 2. The van der Waals surface area contributed by atoms with Crippen LogP contribution in [0.3, 0.4) is 0 Å². The van der Waals surface area contributed by atoms with E-state index >= 15 is 0 Å². The van der Waals surface area contributed by atoms with Crippen LogP contribution in [-0.2, 0) is 6.42 Å². The van der Waals surface area contributed by atoms with Crippen molar-refractivity contribution in [3.63, 3.8) is 0 Å². The molecule has 0 spiro atoms. The smallest absolute Gasteiger partial charge is 0.0757 e. The number of aromatic nitrogens is 1. The number of fused-ring (bicyclic) bond motifs is 3. The van der Waals surface area contributed by atoms with Gasteiger partial charge in [-0.05, 0) is 53.1 Å². The Balaban J connectivity index is 2.03. The lowest BCUT2D eigenvalue weighted by Gasteiger charge is -2.13. The van der Waals surface area contributed by atoms with E-state index in [0.717, 1.165) is 33.1 Å². The second-order valence-electron chi connectivity index (χ2n) is 5.95. The molecule has 0 radical (unpaired) electrons. The molecule has 25 heavy (non-hydrogen) atoms. The van der Waals surface area contributed by atoms with E-state index in [-0.39, 0.29) is 6.61 Å². The van der Waals surface area contributed by atoms with E-state index in [0.29, 0.717) is 16.5 Å². The molecular formula is C21H15Cl2NO. The van der Waals surface area contributed by atoms with E-state index in [1.54, 1.807) is 12.1 Å². The standard InChI is InChI=1S/C21H15Cl2NO/c22-15-6-7-17(19(23)12-15)21-14(9-10-25)11-18-16-4-2-1-3-13(16)5-8-20(18)24-21/h1-8,11-12,25H,9-10H2. The van der Waals surface area contributed by atoms with Gasteiger partial charge in [-0.3, -0.25) is 0 Å². The Morgan fingerprint density at radius 2 is 1.72 bits per heavy atom. The fourth-order valence-electron chi connectivity index (χ4n) is 3.19. The Bertz CT molecular complexity index is 1090. The normalized spacial score (nSPS) is 11.3. The zero-order valence-corrected chi connectivity index (χ0v) is 14.8. The van der Waals surface area contributed by atoms with Gasteiger partial charge in [0.25, 0.3) is 0 Å². The van der Waals surface area contributed by atoms with Crippen LogP contribution >= 0.6 is 23.2 Å². The minimum Gasteiger partial charge on any atom is -0.396 e. The number of aliphatic hydroxyl groups is 1. The first-order valence-electron chi connectivity index (χ1n) is 8.05. The Hall–Kier alpha value is -2.13. The first kappa shape index (κ1) is 16.3. The van der Waals surface area contributed by atoms with E-state index in [1.165, 1.54) is 5.39 Å². The summed E-state index contributed by atoms with van der Waals surface area (Å²) in [5.74, 6) is 0. The van der Waals surface area contributed by atoms with Crippen LogP contribution in [0.4, 0.5) is 0 Å². The second kappa shape index (κ2) is 6.64. The Kier molecular flexibility index (Phi) is 4.34. The van der Waals surface area contributed by atoms with Gasteiger partial charge in [-0.2, -0.15) is 0 Å². The molecule has 1 N–H and O–H groups in total. The number of hydrogen-bond donors (Lipinski definition) is 1. The van der Waals surface area contributed by atoms with E-state index in [2.05, 4.69) is 24.3 Å². The van der Waals surface area contributed by atoms with Crippen molar-refractivity contribution in [3.8, 4) is 11.3 Å². The van der Waals surface area contributed by atoms with Gasteiger partial charge >= 0.3 is 0 Å². The molecule has 1 aromatic heterocycles. The maximum atomic E-state index is 9.51. The second-order valence-corrected chi connectivity index (χ2v) is 6.79. The molecule has 0 saturated carbocycles. The fourth-order valence-corrected chi connectivity index (χ4v) is 3.69. The van der Waals surface area contributed by atoms with Crippen LogP contribution in [0.5, 0.6) is 0 Å². The van der Waals surface area contributed by atoms with Gasteiger partial charge in [-0.25, -0.2) is 4.98 Å². The van der Waals surface area contributed by atoms with Gasteiger partial charge in [0.05, 0.1) is 16.2 Å². The number of nitrogens with zero attached hydrogens (tertiary/aromatic N) is 1. The predicted octanol–water partition coefficient (Wildman–Crippen LogP) is 5.90. The van der Waals surface area contributed by atoms with Gasteiger partial charge in [0.15, 0.2) is 0 Å². The Labute approximate surface area is 155 Å². The minimum absolute atomic E-state index is 0.0517. The van der Waals surface area contributed by atoms with E-state index in [1.807, 2.05) is 24.3 Å². The number of benzene rings is 3. The molecule has 0 aliphatic rings. The zero-order valence-electron chi connectivity index (χ0n) is 13.3. The molecule has 4 aromatic rings. The van der Waals surface area contributed by atoms with Gasteiger partial charge < -0.3 is 5.11 Å². The molecule has 0 aliphatic carbocycles. The van der Waals surface area contributed by atoms with Crippen molar-refractivity contribution in [1.29, 1.82) is 0 Å².